The minimum Gasteiger partial charge on any atom is -0.444 e. The molecule has 0 bridgehead atoms. The summed E-state index contributed by atoms with van der Waals surface area (Å²) in [6.07, 6.45) is 3.06. The number of benzene rings is 1. The number of carbonyl (C=O) groups is 1. The van der Waals surface area contributed by atoms with Gasteiger partial charge in [0.1, 0.15) is 5.60 Å². The van der Waals surface area contributed by atoms with E-state index in [2.05, 4.69) is 15.6 Å². The van der Waals surface area contributed by atoms with Crippen LogP contribution in [-0.2, 0) is 4.74 Å². The van der Waals surface area contributed by atoms with Crippen molar-refractivity contribution in [3.8, 4) is 0 Å². The van der Waals surface area contributed by atoms with Gasteiger partial charge in [-0.05, 0) is 52.3 Å². The highest BCUT2D eigenvalue weighted by Crippen LogP contribution is 2.33. The Morgan fingerprint density at radius 1 is 1.32 bits per heavy atom. The Morgan fingerprint density at radius 3 is 2.68 bits per heavy atom. The molecule has 1 heterocycles. The van der Waals surface area contributed by atoms with Crippen molar-refractivity contribution in [3.63, 3.8) is 0 Å². The number of anilines is 2. The van der Waals surface area contributed by atoms with Crippen LogP contribution in [0.1, 0.15) is 33.3 Å². The standard InChI is InChI=1S/C17H23N3O2/c1-6-19-14-9-11(2)15(12-7-8-18-10-13(12)14)20-16(21)22-17(3,4)5/h7-10,19H,6H2,1-5H3,(H,20,21). The molecule has 2 aromatic rings. The summed E-state index contributed by atoms with van der Waals surface area (Å²) in [4.78, 5) is 16.3. The topological polar surface area (TPSA) is 63.2 Å². The van der Waals surface area contributed by atoms with Gasteiger partial charge in [0, 0.05) is 35.4 Å². The zero-order chi connectivity index (χ0) is 16.3. The molecule has 1 aromatic heterocycles. The van der Waals surface area contributed by atoms with E-state index in [-0.39, 0.29) is 0 Å². The molecule has 5 heteroatoms. The third-order valence-electron chi connectivity index (χ3n) is 3.13. The number of aryl methyl sites for hydroxylation is 1. The average molecular weight is 301 g/mol. The first-order valence-electron chi connectivity index (χ1n) is 7.43. The van der Waals surface area contributed by atoms with Crippen LogP contribution >= 0.6 is 0 Å². The predicted octanol–water partition coefficient (Wildman–Crippen LogP) is 4.32. The summed E-state index contributed by atoms with van der Waals surface area (Å²) in [6.45, 7) is 10.4. The molecule has 2 N–H and O–H groups in total. The predicted molar refractivity (Wildman–Crippen MR) is 90.5 cm³/mol. The monoisotopic (exact) mass is 301 g/mol. The highest BCUT2D eigenvalue weighted by atomic mass is 16.6. The van der Waals surface area contributed by atoms with Crippen LogP contribution in [-0.4, -0.2) is 23.2 Å². The van der Waals surface area contributed by atoms with Crippen LogP contribution in [0.15, 0.2) is 24.5 Å². The summed E-state index contributed by atoms with van der Waals surface area (Å²) >= 11 is 0. The third kappa shape index (κ3) is 3.67. The molecular formula is C17H23N3O2. The summed E-state index contributed by atoms with van der Waals surface area (Å²) < 4.78 is 5.34. The minimum atomic E-state index is -0.529. The number of nitrogens with zero attached hydrogens (tertiary/aromatic N) is 1. The van der Waals surface area contributed by atoms with Gasteiger partial charge >= 0.3 is 6.09 Å². The zero-order valence-corrected chi connectivity index (χ0v) is 13.8. The lowest BCUT2D eigenvalue weighted by atomic mass is 10.0. The number of aromatic nitrogens is 1. The van der Waals surface area contributed by atoms with E-state index in [0.717, 1.165) is 34.3 Å². The molecule has 0 aliphatic rings. The van der Waals surface area contributed by atoms with Crippen LogP contribution in [0, 0.1) is 6.92 Å². The number of pyridine rings is 1. The molecule has 5 nitrogen and oxygen atoms in total. The lowest BCUT2D eigenvalue weighted by Crippen LogP contribution is -2.27. The first-order chi connectivity index (χ1) is 10.3. The summed E-state index contributed by atoms with van der Waals surface area (Å²) in [6, 6.07) is 3.91. The van der Waals surface area contributed by atoms with E-state index in [4.69, 9.17) is 4.74 Å². The smallest absolute Gasteiger partial charge is 0.412 e. The molecule has 0 fully saturated rings. The highest BCUT2D eigenvalue weighted by Gasteiger charge is 2.18. The van der Waals surface area contributed by atoms with Crippen LogP contribution in [0.2, 0.25) is 0 Å². The van der Waals surface area contributed by atoms with Crippen LogP contribution in [0.5, 0.6) is 0 Å². The normalized spacial score (nSPS) is 11.3. The SMILES string of the molecule is CCNc1cc(C)c(NC(=O)OC(C)(C)C)c2ccncc12. The number of carbonyl (C=O) groups excluding carboxylic acids is 1. The Kier molecular flexibility index (Phi) is 4.54. The van der Waals surface area contributed by atoms with Gasteiger partial charge in [-0.2, -0.15) is 0 Å². The minimum absolute atomic E-state index is 0.454. The summed E-state index contributed by atoms with van der Waals surface area (Å²) in [7, 11) is 0. The summed E-state index contributed by atoms with van der Waals surface area (Å²) in [5, 5.41) is 8.10. The lowest BCUT2D eigenvalue weighted by molar-refractivity contribution is 0.0636. The first kappa shape index (κ1) is 16.1. The second-order valence-electron chi connectivity index (χ2n) is 6.19. The maximum atomic E-state index is 12.1. The van der Waals surface area contributed by atoms with Crippen molar-refractivity contribution in [1.82, 2.24) is 4.98 Å². The molecule has 0 atom stereocenters. The number of nitrogens with one attached hydrogen (secondary N) is 2. The Bertz CT molecular complexity index is 690. The fraction of sp³-hybridized carbons (Fsp3) is 0.412. The van der Waals surface area contributed by atoms with Gasteiger partial charge in [0.25, 0.3) is 0 Å². The van der Waals surface area contributed by atoms with Crippen molar-refractivity contribution in [2.75, 3.05) is 17.2 Å². The van der Waals surface area contributed by atoms with E-state index < -0.39 is 11.7 Å². The Morgan fingerprint density at radius 2 is 2.05 bits per heavy atom. The quantitative estimate of drug-likeness (QED) is 0.886. The fourth-order valence-corrected chi connectivity index (χ4v) is 2.31. The highest BCUT2D eigenvalue weighted by molar-refractivity contribution is 6.06. The molecule has 0 spiro atoms. The number of rotatable bonds is 3. The number of hydrogen-bond donors (Lipinski definition) is 2. The van der Waals surface area contributed by atoms with Gasteiger partial charge < -0.3 is 10.1 Å². The number of ether oxygens (including phenoxy) is 1. The number of hydrogen-bond acceptors (Lipinski definition) is 4. The first-order valence-corrected chi connectivity index (χ1v) is 7.43. The van der Waals surface area contributed by atoms with Crippen molar-refractivity contribution in [2.24, 2.45) is 0 Å². The van der Waals surface area contributed by atoms with Crippen molar-refractivity contribution in [2.45, 2.75) is 40.2 Å². The van der Waals surface area contributed by atoms with Gasteiger partial charge in [-0.15, -0.1) is 0 Å². The van der Waals surface area contributed by atoms with Crippen LogP contribution in [0.4, 0.5) is 16.2 Å². The van der Waals surface area contributed by atoms with Crippen LogP contribution in [0.3, 0.4) is 0 Å². The maximum absolute atomic E-state index is 12.1. The van der Waals surface area contributed by atoms with Crippen molar-refractivity contribution < 1.29 is 9.53 Å². The van der Waals surface area contributed by atoms with Crippen molar-refractivity contribution in [1.29, 1.82) is 0 Å². The number of fused-ring (bicyclic) bond motifs is 1. The third-order valence-corrected chi connectivity index (χ3v) is 3.13. The molecule has 0 radical (unpaired) electrons. The van der Waals surface area contributed by atoms with Gasteiger partial charge in [0.2, 0.25) is 0 Å². The fourth-order valence-electron chi connectivity index (χ4n) is 2.31. The summed E-state index contributed by atoms with van der Waals surface area (Å²) in [5.41, 5.74) is 2.21. The molecular weight excluding hydrogens is 278 g/mol. The molecule has 1 aromatic carbocycles. The van der Waals surface area contributed by atoms with E-state index in [1.807, 2.05) is 46.8 Å². The van der Waals surface area contributed by atoms with Gasteiger partial charge in [-0.1, -0.05) is 0 Å². The summed E-state index contributed by atoms with van der Waals surface area (Å²) in [5.74, 6) is 0. The number of amides is 1. The molecule has 0 aliphatic carbocycles. The molecule has 0 unspecified atom stereocenters. The molecule has 0 saturated heterocycles. The Labute approximate surface area is 131 Å². The second kappa shape index (κ2) is 6.22. The molecule has 22 heavy (non-hydrogen) atoms. The molecule has 2 rings (SSSR count). The zero-order valence-electron chi connectivity index (χ0n) is 13.8. The average Bonchev–Trinajstić information content (AvgIpc) is 2.41. The molecule has 0 aliphatic heterocycles. The van der Waals surface area contributed by atoms with Gasteiger partial charge in [-0.3, -0.25) is 10.3 Å². The van der Waals surface area contributed by atoms with Crippen LogP contribution < -0.4 is 10.6 Å². The van der Waals surface area contributed by atoms with E-state index in [0.29, 0.717) is 0 Å². The largest absolute Gasteiger partial charge is 0.444 e. The van der Waals surface area contributed by atoms with Gasteiger partial charge in [0.15, 0.2) is 0 Å². The molecule has 1 amide bonds. The van der Waals surface area contributed by atoms with Gasteiger partial charge in [0.05, 0.1) is 5.69 Å². The molecule has 0 saturated carbocycles. The van der Waals surface area contributed by atoms with E-state index in [1.165, 1.54) is 0 Å². The Balaban J connectivity index is 2.44. The van der Waals surface area contributed by atoms with E-state index in [9.17, 15) is 4.79 Å². The van der Waals surface area contributed by atoms with Crippen molar-refractivity contribution in [3.05, 3.63) is 30.1 Å². The maximum Gasteiger partial charge on any atom is 0.412 e. The Hall–Kier alpha value is -2.30. The van der Waals surface area contributed by atoms with Gasteiger partial charge in [-0.25, -0.2) is 4.79 Å². The second-order valence-corrected chi connectivity index (χ2v) is 6.19. The molecule has 118 valence electrons. The van der Waals surface area contributed by atoms with E-state index in [1.54, 1.807) is 12.4 Å². The van der Waals surface area contributed by atoms with Crippen LogP contribution in [0.25, 0.3) is 10.8 Å². The van der Waals surface area contributed by atoms with Crippen molar-refractivity contribution >= 4 is 28.2 Å². The lowest BCUT2D eigenvalue weighted by Gasteiger charge is -2.21. The van der Waals surface area contributed by atoms with E-state index >= 15 is 0 Å².